The van der Waals surface area contributed by atoms with E-state index in [9.17, 15) is 9.59 Å². The van der Waals surface area contributed by atoms with E-state index >= 15 is 0 Å². The molecule has 0 bridgehead atoms. The summed E-state index contributed by atoms with van der Waals surface area (Å²) in [5.41, 5.74) is 6.16. The maximum atomic E-state index is 13.9. The minimum Gasteiger partial charge on any atom is -0.355 e. The van der Waals surface area contributed by atoms with Crippen molar-refractivity contribution in [2.45, 2.75) is 69.9 Å². The van der Waals surface area contributed by atoms with Gasteiger partial charge in [-0.2, -0.15) is 0 Å². The largest absolute Gasteiger partial charge is 0.355 e. The summed E-state index contributed by atoms with van der Waals surface area (Å²) in [6.45, 7) is 6.76. The Bertz CT molecular complexity index is 1330. The van der Waals surface area contributed by atoms with E-state index in [4.69, 9.17) is 0 Å². The monoisotopic (exact) mass is 535 g/mol. The first-order chi connectivity index (χ1) is 19.6. The zero-order chi connectivity index (χ0) is 27.5. The van der Waals surface area contributed by atoms with Gasteiger partial charge < -0.3 is 15.1 Å². The van der Waals surface area contributed by atoms with Crippen LogP contribution in [0.4, 0.5) is 0 Å². The molecule has 0 atom stereocenters. The van der Waals surface area contributed by atoms with Crippen molar-refractivity contribution in [3.05, 3.63) is 95.1 Å². The summed E-state index contributed by atoms with van der Waals surface area (Å²) in [5.74, 6) is 0.355. The zero-order valence-corrected chi connectivity index (χ0v) is 23.7. The van der Waals surface area contributed by atoms with Crippen molar-refractivity contribution in [1.82, 2.24) is 15.1 Å². The third-order valence-corrected chi connectivity index (χ3v) is 9.36. The fraction of sp³-hybridized carbons (Fsp3) is 0.429. The number of unbranched alkanes of at least 4 members (excludes halogenated alkanes) is 2. The maximum absolute atomic E-state index is 13.9. The second-order valence-corrected chi connectivity index (χ2v) is 11.7. The molecule has 0 radical (unpaired) electrons. The molecule has 5 heteroatoms. The molecular weight excluding hydrogens is 494 g/mol. The smallest absolute Gasteiger partial charge is 0.254 e. The van der Waals surface area contributed by atoms with E-state index in [1.807, 2.05) is 18.2 Å². The first-order valence-electron chi connectivity index (χ1n) is 15.2. The number of fused-ring (bicyclic) bond motifs is 4. The Morgan fingerprint density at radius 2 is 1.48 bits per heavy atom. The number of rotatable bonds is 10. The number of hydrogen-bond donors (Lipinski definition) is 1. The summed E-state index contributed by atoms with van der Waals surface area (Å²) >= 11 is 0. The van der Waals surface area contributed by atoms with E-state index in [1.54, 1.807) is 0 Å². The zero-order valence-electron chi connectivity index (χ0n) is 23.7. The van der Waals surface area contributed by atoms with E-state index in [2.05, 4.69) is 76.6 Å². The van der Waals surface area contributed by atoms with Gasteiger partial charge in [0, 0.05) is 37.8 Å². The van der Waals surface area contributed by atoms with E-state index < -0.39 is 5.41 Å². The Kier molecular flexibility index (Phi) is 7.75. The lowest BCUT2D eigenvalue weighted by molar-refractivity contribution is -0.125. The Hall–Kier alpha value is -3.44. The molecule has 40 heavy (non-hydrogen) atoms. The predicted molar refractivity (Wildman–Crippen MR) is 160 cm³/mol. The van der Waals surface area contributed by atoms with Crippen LogP contribution in [0.5, 0.6) is 0 Å². The van der Waals surface area contributed by atoms with Crippen molar-refractivity contribution in [2.24, 2.45) is 0 Å². The van der Waals surface area contributed by atoms with Crippen molar-refractivity contribution in [1.29, 1.82) is 0 Å². The lowest BCUT2D eigenvalue weighted by atomic mass is 9.73. The van der Waals surface area contributed by atoms with Crippen molar-refractivity contribution in [2.75, 3.05) is 26.2 Å². The van der Waals surface area contributed by atoms with Gasteiger partial charge in [-0.3, -0.25) is 9.59 Å². The average molecular weight is 536 g/mol. The summed E-state index contributed by atoms with van der Waals surface area (Å²) in [5, 5.41) is 3.25. The highest BCUT2D eigenvalue weighted by Gasteiger charge is 2.48. The summed E-state index contributed by atoms with van der Waals surface area (Å²) in [7, 11) is 0. The van der Waals surface area contributed by atoms with Crippen molar-refractivity contribution in [3.8, 4) is 11.1 Å². The number of carbonyl (C=O) groups is 2. The van der Waals surface area contributed by atoms with Gasteiger partial charge in [-0.25, -0.2) is 0 Å². The molecule has 3 aliphatic rings. The van der Waals surface area contributed by atoms with Crippen LogP contribution in [-0.2, 0) is 16.8 Å². The molecular formula is C35H41N3O2. The number of nitrogens with one attached hydrogen (secondary N) is 1. The first kappa shape index (κ1) is 26.8. The van der Waals surface area contributed by atoms with Crippen LogP contribution in [0.2, 0.25) is 0 Å². The lowest BCUT2D eigenvalue weighted by Gasteiger charge is -2.36. The number of piperidine rings is 1. The summed E-state index contributed by atoms with van der Waals surface area (Å²) < 4.78 is 0. The number of likely N-dealkylation sites (tertiary alicyclic amines) is 1. The Balaban J connectivity index is 1.04. The molecule has 0 spiro atoms. The van der Waals surface area contributed by atoms with E-state index in [-0.39, 0.29) is 11.8 Å². The van der Waals surface area contributed by atoms with Gasteiger partial charge >= 0.3 is 0 Å². The van der Waals surface area contributed by atoms with Crippen molar-refractivity contribution < 1.29 is 9.59 Å². The van der Waals surface area contributed by atoms with Crippen LogP contribution in [0, 0.1) is 0 Å². The molecule has 208 valence electrons. The lowest BCUT2D eigenvalue weighted by Crippen LogP contribution is -2.45. The van der Waals surface area contributed by atoms with Gasteiger partial charge in [-0.05, 0) is 72.5 Å². The third-order valence-electron chi connectivity index (χ3n) is 9.36. The second kappa shape index (κ2) is 11.6. The van der Waals surface area contributed by atoms with Crippen LogP contribution >= 0.6 is 0 Å². The molecule has 1 N–H and O–H groups in total. The SMILES string of the molecule is CCCNC(=O)C1(CCCCCN2CCC(N3Cc4ccccc4C3=O)CC2)c2ccccc2-c2ccccc21. The molecule has 2 aliphatic heterocycles. The van der Waals surface area contributed by atoms with Crippen LogP contribution in [0.1, 0.15) is 78.9 Å². The van der Waals surface area contributed by atoms with E-state index in [1.165, 1.54) is 16.7 Å². The maximum Gasteiger partial charge on any atom is 0.254 e. The number of benzene rings is 3. The minimum absolute atomic E-state index is 0.146. The minimum atomic E-state index is -0.611. The Labute approximate surface area is 238 Å². The number of nitrogens with zero attached hydrogens (tertiary/aromatic N) is 2. The van der Waals surface area contributed by atoms with Gasteiger partial charge in [0.15, 0.2) is 0 Å². The summed E-state index contributed by atoms with van der Waals surface area (Å²) in [6.07, 6.45) is 7.11. The molecule has 6 rings (SSSR count). The number of carbonyl (C=O) groups excluding carboxylic acids is 2. The molecule has 5 nitrogen and oxygen atoms in total. The van der Waals surface area contributed by atoms with Gasteiger partial charge in [0.1, 0.15) is 5.41 Å². The molecule has 1 aliphatic carbocycles. The molecule has 3 aromatic carbocycles. The summed E-state index contributed by atoms with van der Waals surface area (Å²) in [4.78, 5) is 31.4. The highest BCUT2D eigenvalue weighted by Crippen LogP contribution is 2.51. The predicted octanol–water partition coefficient (Wildman–Crippen LogP) is 6.16. The summed E-state index contributed by atoms with van der Waals surface area (Å²) in [6, 6.07) is 25.4. The van der Waals surface area contributed by atoms with Gasteiger partial charge in [-0.15, -0.1) is 0 Å². The molecule has 2 amide bonds. The van der Waals surface area contributed by atoms with Crippen LogP contribution < -0.4 is 5.32 Å². The number of amides is 2. The topological polar surface area (TPSA) is 52.7 Å². The van der Waals surface area contributed by atoms with Crippen LogP contribution in [-0.4, -0.2) is 53.8 Å². The van der Waals surface area contributed by atoms with Gasteiger partial charge in [0.25, 0.3) is 5.91 Å². The van der Waals surface area contributed by atoms with Crippen LogP contribution in [0.15, 0.2) is 72.8 Å². The molecule has 1 saturated heterocycles. The number of hydrogen-bond acceptors (Lipinski definition) is 3. The van der Waals surface area contributed by atoms with Gasteiger partial charge in [0.2, 0.25) is 5.91 Å². The van der Waals surface area contributed by atoms with Crippen molar-refractivity contribution in [3.63, 3.8) is 0 Å². The quantitative estimate of drug-likeness (QED) is 0.316. The standard InChI is InChI=1S/C35H41N3O2/c1-2-21-36-34(40)35(31-16-8-6-14-29(31)30-15-7-9-17-32(30)35)20-10-3-11-22-37-23-18-27(19-24-37)38-25-26-12-4-5-13-28(26)33(38)39/h4-9,12-17,27H,2-3,10-11,18-25H2,1H3,(H,36,40). The Morgan fingerprint density at radius 3 is 2.12 bits per heavy atom. The fourth-order valence-corrected chi connectivity index (χ4v) is 7.27. The van der Waals surface area contributed by atoms with Gasteiger partial charge in [-0.1, -0.05) is 86.5 Å². The van der Waals surface area contributed by atoms with E-state index in [0.717, 1.165) is 87.8 Å². The molecule has 1 fully saturated rings. The molecule has 0 aromatic heterocycles. The third kappa shape index (κ3) is 4.75. The second-order valence-electron chi connectivity index (χ2n) is 11.7. The van der Waals surface area contributed by atoms with Gasteiger partial charge in [0.05, 0.1) is 0 Å². The highest BCUT2D eigenvalue weighted by molar-refractivity contribution is 6.00. The average Bonchev–Trinajstić information content (AvgIpc) is 3.49. The molecule has 3 aromatic rings. The van der Waals surface area contributed by atoms with Crippen LogP contribution in [0.25, 0.3) is 11.1 Å². The Morgan fingerprint density at radius 1 is 0.850 bits per heavy atom. The molecule has 0 unspecified atom stereocenters. The normalized spacial score (nSPS) is 17.9. The molecule has 2 heterocycles. The fourth-order valence-electron chi connectivity index (χ4n) is 7.27. The van der Waals surface area contributed by atoms with Crippen LogP contribution in [0.3, 0.4) is 0 Å². The first-order valence-corrected chi connectivity index (χ1v) is 15.2. The highest BCUT2D eigenvalue weighted by atomic mass is 16.2. The van der Waals surface area contributed by atoms with E-state index in [0.29, 0.717) is 12.6 Å². The van der Waals surface area contributed by atoms with Crippen molar-refractivity contribution >= 4 is 11.8 Å². The molecule has 0 saturated carbocycles.